The van der Waals surface area contributed by atoms with Crippen LogP contribution in [0.1, 0.15) is 37.9 Å². The molecule has 0 aliphatic rings. The highest BCUT2D eigenvalue weighted by atomic mass is 19.3. The van der Waals surface area contributed by atoms with Crippen LogP contribution in [0.2, 0.25) is 0 Å². The van der Waals surface area contributed by atoms with Crippen molar-refractivity contribution in [1.29, 1.82) is 0 Å². The van der Waals surface area contributed by atoms with Crippen molar-refractivity contribution >= 4 is 7.85 Å². The van der Waals surface area contributed by atoms with Gasteiger partial charge in [-0.2, -0.15) is 5.10 Å². The summed E-state index contributed by atoms with van der Waals surface area (Å²) in [6.45, 7) is 5.83. The molecule has 0 fully saturated rings. The Labute approximate surface area is 101 Å². The van der Waals surface area contributed by atoms with E-state index >= 15 is 0 Å². The lowest BCUT2D eigenvalue weighted by Gasteiger charge is -2.11. The predicted octanol–water partition coefficient (Wildman–Crippen LogP) is 1.85. The molecule has 1 rings (SSSR count). The lowest BCUT2D eigenvalue weighted by atomic mass is 9.90. The summed E-state index contributed by atoms with van der Waals surface area (Å²) in [5.41, 5.74) is 0.0697. The summed E-state index contributed by atoms with van der Waals surface area (Å²) in [6, 6.07) is 0. The highest BCUT2D eigenvalue weighted by Crippen LogP contribution is 2.30. The van der Waals surface area contributed by atoms with Gasteiger partial charge in [0.2, 0.25) is 5.82 Å². The number of rotatable bonds is 5. The molecule has 1 aromatic rings. The molecule has 0 bridgehead atoms. The van der Waals surface area contributed by atoms with Gasteiger partial charge < -0.3 is 5.11 Å². The third-order valence-electron chi connectivity index (χ3n) is 2.54. The smallest absolute Gasteiger partial charge is 0.242 e. The van der Waals surface area contributed by atoms with Crippen molar-refractivity contribution in [3.63, 3.8) is 0 Å². The Kier molecular flexibility index (Phi) is 4.30. The van der Waals surface area contributed by atoms with E-state index in [1.165, 1.54) is 4.68 Å². The van der Waals surface area contributed by atoms with Crippen molar-refractivity contribution in [2.75, 3.05) is 6.61 Å². The number of hydrogen-bond acceptors (Lipinski definition) is 2. The monoisotopic (exact) mass is 242 g/mol. The van der Waals surface area contributed by atoms with Gasteiger partial charge in [-0.05, 0) is 11.8 Å². The van der Waals surface area contributed by atoms with Gasteiger partial charge in [-0.15, -0.1) is 0 Å². The van der Waals surface area contributed by atoms with Crippen LogP contribution in [0.25, 0.3) is 0 Å². The van der Waals surface area contributed by atoms with Crippen molar-refractivity contribution in [3.8, 4) is 0 Å². The Morgan fingerprint density at radius 3 is 2.41 bits per heavy atom. The van der Waals surface area contributed by atoms with E-state index in [1.807, 2.05) is 20.8 Å². The summed E-state index contributed by atoms with van der Waals surface area (Å²) >= 11 is 0. The van der Waals surface area contributed by atoms with Gasteiger partial charge >= 0.3 is 0 Å². The van der Waals surface area contributed by atoms with E-state index in [0.717, 1.165) is 0 Å². The van der Waals surface area contributed by atoms with Crippen molar-refractivity contribution in [2.45, 2.75) is 39.1 Å². The van der Waals surface area contributed by atoms with Crippen molar-refractivity contribution in [2.24, 2.45) is 5.92 Å². The van der Waals surface area contributed by atoms with E-state index in [1.54, 1.807) is 6.20 Å². The van der Waals surface area contributed by atoms with Crippen LogP contribution in [0.4, 0.5) is 8.78 Å². The van der Waals surface area contributed by atoms with E-state index < -0.39 is 5.82 Å². The Morgan fingerprint density at radius 1 is 1.47 bits per heavy atom. The zero-order chi connectivity index (χ0) is 13.2. The standard InChI is InChI=1S/C11H17BF2N2O/c1-7(2)9-5-16(4-8(3)6-17)15-10(9)11(12,13)14/h5,7-8,17H,4,6H2,1-3H3. The second-order valence-corrected chi connectivity index (χ2v) is 4.72. The molecule has 0 aliphatic carbocycles. The first-order chi connectivity index (χ1) is 7.75. The number of aliphatic hydroxyl groups excluding tert-OH is 1. The van der Waals surface area contributed by atoms with Crippen LogP contribution >= 0.6 is 0 Å². The van der Waals surface area contributed by atoms with Gasteiger partial charge in [0.25, 0.3) is 0 Å². The maximum absolute atomic E-state index is 13.2. The van der Waals surface area contributed by atoms with E-state index in [2.05, 4.69) is 5.10 Å². The summed E-state index contributed by atoms with van der Waals surface area (Å²) < 4.78 is 27.7. The molecule has 2 radical (unpaired) electrons. The second-order valence-electron chi connectivity index (χ2n) is 4.72. The predicted molar refractivity (Wildman–Crippen MR) is 62.2 cm³/mol. The molecule has 0 saturated carbocycles. The Bertz CT molecular complexity index is 374. The lowest BCUT2D eigenvalue weighted by molar-refractivity contribution is 0.0865. The average molecular weight is 242 g/mol. The summed E-state index contributed by atoms with van der Waals surface area (Å²) in [6.07, 6.45) is 1.58. The highest BCUT2D eigenvalue weighted by molar-refractivity contribution is 6.13. The van der Waals surface area contributed by atoms with Gasteiger partial charge in [-0.25, -0.2) is 8.78 Å². The Hall–Kier alpha value is -0.905. The first kappa shape index (κ1) is 14.2. The minimum absolute atomic E-state index is 0.00871. The van der Waals surface area contributed by atoms with E-state index in [9.17, 15) is 8.78 Å². The number of hydrogen-bond donors (Lipinski definition) is 1. The molecular weight excluding hydrogens is 225 g/mol. The SMILES string of the molecule is [B]C(F)(F)c1nn(CC(C)CO)cc1C(C)C. The fourth-order valence-corrected chi connectivity index (χ4v) is 1.59. The minimum Gasteiger partial charge on any atom is -0.396 e. The summed E-state index contributed by atoms with van der Waals surface area (Å²) in [5.74, 6) is -3.53. The van der Waals surface area contributed by atoms with E-state index in [-0.39, 0.29) is 24.1 Å². The number of aliphatic hydroxyl groups is 1. The molecule has 6 heteroatoms. The molecule has 1 aromatic heterocycles. The van der Waals surface area contributed by atoms with E-state index in [4.69, 9.17) is 13.0 Å². The first-order valence-corrected chi connectivity index (χ1v) is 5.61. The van der Waals surface area contributed by atoms with Gasteiger partial charge in [0.15, 0.2) is 7.85 Å². The fourth-order valence-electron chi connectivity index (χ4n) is 1.59. The number of aromatic nitrogens is 2. The van der Waals surface area contributed by atoms with Gasteiger partial charge in [0.1, 0.15) is 5.69 Å². The van der Waals surface area contributed by atoms with Crippen LogP contribution in [0.5, 0.6) is 0 Å². The zero-order valence-corrected chi connectivity index (χ0v) is 10.3. The van der Waals surface area contributed by atoms with Crippen LogP contribution in [0.15, 0.2) is 6.20 Å². The maximum atomic E-state index is 13.2. The van der Waals surface area contributed by atoms with Crippen LogP contribution in [0.3, 0.4) is 0 Å². The first-order valence-electron chi connectivity index (χ1n) is 5.61. The third-order valence-corrected chi connectivity index (χ3v) is 2.54. The molecule has 1 N–H and O–H groups in total. The zero-order valence-electron chi connectivity index (χ0n) is 10.3. The molecule has 0 aliphatic heterocycles. The van der Waals surface area contributed by atoms with Gasteiger partial charge in [0, 0.05) is 24.9 Å². The number of nitrogens with zero attached hydrogens (tertiary/aromatic N) is 2. The molecule has 3 nitrogen and oxygen atoms in total. The highest BCUT2D eigenvalue weighted by Gasteiger charge is 2.31. The number of halogens is 2. The maximum Gasteiger partial charge on any atom is 0.242 e. The lowest BCUT2D eigenvalue weighted by Crippen LogP contribution is -2.17. The van der Waals surface area contributed by atoms with Gasteiger partial charge in [-0.3, -0.25) is 4.68 Å². The summed E-state index contributed by atoms with van der Waals surface area (Å²) in [7, 11) is 4.81. The molecule has 0 aromatic carbocycles. The quantitative estimate of drug-likeness (QED) is 0.800. The molecule has 0 amide bonds. The third kappa shape index (κ3) is 3.53. The van der Waals surface area contributed by atoms with Crippen molar-refractivity contribution < 1.29 is 13.9 Å². The van der Waals surface area contributed by atoms with Crippen LogP contribution in [-0.2, 0) is 12.4 Å². The van der Waals surface area contributed by atoms with Gasteiger partial charge in [0.05, 0.1) is 0 Å². The van der Waals surface area contributed by atoms with Crippen LogP contribution in [0, 0.1) is 5.92 Å². The molecular formula is C11H17BF2N2O. The molecule has 0 saturated heterocycles. The molecule has 17 heavy (non-hydrogen) atoms. The molecule has 1 unspecified atom stereocenters. The molecule has 1 atom stereocenters. The normalized spacial score (nSPS) is 14.3. The molecule has 0 spiro atoms. The second kappa shape index (κ2) is 5.17. The van der Waals surface area contributed by atoms with Crippen LogP contribution in [-0.4, -0.2) is 29.3 Å². The summed E-state index contributed by atoms with van der Waals surface area (Å²) in [4.78, 5) is 0. The topological polar surface area (TPSA) is 38.0 Å². The van der Waals surface area contributed by atoms with Crippen LogP contribution < -0.4 is 0 Å². The Morgan fingerprint density at radius 2 is 2.06 bits per heavy atom. The largest absolute Gasteiger partial charge is 0.396 e. The Balaban J connectivity index is 3.04. The molecule has 1 heterocycles. The minimum atomic E-state index is -3.42. The van der Waals surface area contributed by atoms with E-state index in [0.29, 0.717) is 12.1 Å². The van der Waals surface area contributed by atoms with Crippen molar-refractivity contribution in [3.05, 3.63) is 17.5 Å². The van der Waals surface area contributed by atoms with Gasteiger partial charge in [-0.1, -0.05) is 20.8 Å². The fraction of sp³-hybridized carbons (Fsp3) is 0.727. The summed E-state index contributed by atoms with van der Waals surface area (Å²) in [5, 5.41) is 12.7. The average Bonchev–Trinajstić information content (AvgIpc) is 2.61. The number of alkyl halides is 2. The molecule has 94 valence electrons. The van der Waals surface area contributed by atoms with Crippen molar-refractivity contribution in [1.82, 2.24) is 9.78 Å².